The standard InChI is InChI=1S/C36H43N5O4/c1-5-37-35(43)31-20-27(22-38-36(31)45-6-2)34-25(3)33(41(39-34)29-15-11-8-12-16-29)21-30(42)19-28-23-40(17-18-44-4)24-32(28)26-13-9-7-10-14-26/h7-16,20,22,28,32H,5-6,17-19,21,23-24H2,1-4H3,(H,37,43)/t28-,32+/m1/s1. The summed E-state index contributed by atoms with van der Waals surface area (Å²) >= 11 is 0. The van der Waals surface area contributed by atoms with Gasteiger partial charge in [-0.15, -0.1) is 0 Å². The van der Waals surface area contributed by atoms with Crippen LogP contribution in [0.3, 0.4) is 0 Å². The van der Waals surface area contributed by atoms with Gasteiger partial charge < -0.3 is 19.7 Å². The monoisotopic (exact) mass is 609 g/mol. The van der Waals surface area contributed by atoms with Crippen LogP contribution in [0.15, 0.2) is 72.9 Å². The zero-order valence-electron chi connectivity index (χ0n) is 26.7. The number of nitrogens with zero attached hydrogens (tertiary/aromatic N) is 4. The van der Waals surface area contributed by atoms with E-state index in [4.69, 9.17) is 14.6 Å². The second kappa shape index (κ2) is 15.1. The Kier molecular flexibility index (Phi) is 10.8. The van der Waals surface area contributed by atoms with Crippen LogP contribution in [0.5, 0.6) is 5.88 Å². The number of methoxy groups -OCH3 is 1. The molecule has 0 bridgehead atoms. The molecule has 1 saturated heterocycles. The highest BCUT2D eigenvalue weighted by Crippen LogP contribution is 2.36. The number of likely N-dealkylation sites (tertiary alicyclic amines) is 1. The Bertz CT molecular complexity index is 1590. The Morgan fingerprint density at radius 1 is 1.02 bits per heavy atom. The normalized spacial score (nSPS) is 16.5. The smallest absolute Gasteiger partial charge is 0.256 e. The van der Waals surface area contributed by atoms with E-state index < -0.39 is 0 Å². The maximum atomic E-state index is 13.9. The Labute approximate surface area is 265 Å². The first kappa shape index (κ1) is 32.1. The third-order valence-electron chi connectivity index (χ3n) is 8.44. The Morgan fingerprint density at radius 2 is 1.76 bits per heavy atom. The summed E-state index contributed by atoms with van der Waals surface area (Å²) in [5.74, 6) is 0.695. The van der Waals surface area contributed by atoms with Crippen LogP contribution in [-0.2, 0) is 16.0 Å². The fraction of sp³-hybridized carbons (Fsp3) is 0.389. The van der Waals surface area contributed by atoms with Crippen molar-refractivity contribution in [2.24, 2.45) is 5.92 Å². The van der Waals surface area contributed by atoms with Crippen molar-refractivity contribution in [3.8, 4) is 22.8 Å². The molecule has 1 N–H and O–H groups in total. The number of hydrogen-bond donors (Lipinski definition) is 1. The number of nitrogens with one attached hydrogen (secondary N) is 1. The van der Waals surface area contributed by atoms with E-state index in [-0.39, 0.29) is 35.8 Å². The molecule has 2 atom stereocenters. The van der Waals surface area contributed by atoms with Gasteiger partial charge in [-0.3, -0.25) is 9.59 Å². The molecule has 9 heteroatoms. The number of ketones is 1. The molecule has 45 heavy (non-hydrogen) atoms. The summed E-state index contributed by atoms with van der Waals surface area (Å²) in [6, 6.07) is 22.1. The van der Waals surface area contributed by atoms with E-state index >= 15 is 0 Å². The summed E-state index contributed by atoms with van der Waals surface area (Å²) in [6.45, 7) is 9.88. The molecule has 2 aromatic carbocycles. The van der Waals surface area contributed by atoms with Crippen LogP contribution in [0, 0.1) is 12.8 Å². The second-order valence-electron chi connectivity index (χ2n) is 11.5. The highest BCUT2D eigenvalue weighted by molar-refractivity contribution is 5.97. The molecule has 1 aliphatic heterocycles. The van der Waals surface area contributed by atoms with E-state index in [9.17, 15) is 9.59 Å². The third kappa shape index (κ3) is 7.49. The number of aromatic nitrogens is 3. The maximum Gasteiger partial charge on any atom is 0.256 e. The largest absolute Gasteiger partial charge is 0.477 e. The molecule has 0 radical (unpaired) electrons. The van der Waals surface area contributed by atoms with Gasteiger partial charge >= 0.3 is 0 Å². The fourth-order valence-corrected chi connectivity index (χ4v) is 6.25. The van der Waals surface area contributed by atoms with Gasteiger partial charge in [0.15, 0.2) is 0 Å². The SMILES string of the molecule is CCNC(=O)c1cc(-c2nn(-c3ccccc3)c(CC(=O)C[C@@H]3CN(CCOC)C[C@H]3c3ccccc3)c2C)cnc1OCC. The molecule has 0 aliphatic carbocycles. The van der Waals surface area contributed by atoms with Gasteiger partial charge in [-0.05, 0) is 56.0 Å². The van der Waals surface area contributed by atoms with Crippen LogP contribution in [0.2, 0.25) is 0 Å². The highest BCUT2D eigenvalue weighted by atomic mass is 16.5. The van der Waals surface area contributed by atoms with Crippen molar-refractivity contribution in [1.29, 1.82) is 0 Å². The molecule has 4 aromatic rings. The molecule has 2 aromatic heterocycles. The van der Waals surface area contributed by atoms with Crippen LogP contribution in [0.25, 0.3) is 16.9 Å². The molecular weight excluding hydrogens is 566 g/mol. The molecule has 0 spiro atoms. The quantitative estimate of drug-likeness (QED) is 0.208. The number of pyridine rings is 1. The lowest BCUT2D eigenvalue weighted by molar-refractivity contribution is -0.119. The minimum absolute atomic E-state index is 0.175. The molecule has 0 saturated carbocycles. The zero-order chi connectivity index (χ0) is 31.8. The Hall–Kier alpha value is -4.34. The predicted octanol–water partition coefficient (Wildman–Crippen LogP) is 5.25. The number of hydrogen-bond acceptors (Lipinski definition) is 7. The van der Waals surface area contributed by atoms with Gasteiger partial charge in [0.1, 0.15) is 11.3 Å². The minimum atomic E-state index is -0.255. The molecule has 5 rings (SSSR count). The summed E-state index contributed by atoms with van der Waals surface area (Å²) in [5, 5.41) is 7.84. The number of amides is 1. The lowest BCUT2D eigenvalue weighted by Gasteiger charge is -2.18. The first-order valence-corrected chi connectivity index (χ1v) is 15.8. The van der Waals surface area contributed by atoms with Crippen molar-refractivity contribution in [3.63, 3.8) is 0 Å². The van der Waals surface area contributed by atoms with Crippen molar-refractivity contribution in [1.82, 2.24) is 25.0 Å². The second-order valence-corrected chi connectivity index (χ2v) is 11.5. The summed E-state index contributed by atoms with van der Waals surface area (Å²) in [4.78, 5) is 33.7. The van der Waals surface area contributed by atoms with E-state index in [2.05, 4.69) is 39.5 Å². The summed E-state index contributed by atoms with van der Waals surface area (Å²) in [7, 11) is 1.72. The van der Waals surface area contributed by atoms with Crippen LogP contribution in [0.1, 0.15) is 53.4 Å². The summed E-state index contributed by atoms with van der Waals surface area (Å²) in [5.41, 5.74) is 5.58. The first-order valence-electron chi connectivity index (χ1n) is 15.8. The molecule has 9 nitrogen and oxygen atoms in total. The minimum Gasteiger partial charge on any atom is -0.477 e. The number of para-hydroxylation sites is 1. The van der Waals surface area contributed by atoms with Crippen molar-refractivity contribution in [2.75, 3.05) is 46.5 Å². The average Bonchev–Trinajstić information content (AvgIpc) is 3.61. The van der Waals surface area contributed by atoms with Gasteiger partial charge in [0, 0.05) is 63.8 Å². The van der Waals surface area contributed by atoms with Gasteiger partial charge in [-0.2, -0.15) is 5.10 Å². The predicted molar refractivity (Wildman–Crippen MR) is 175 cm³/mol. The van der Waals surface area contributed by atoms with E-state index in [1.165, 1.54) is 5.56 Å². The third-order valence-corrected chi connectivity index (χ3v) is 8.44. The molecular formula is C36H43N5O4. The van der Waals surface area contributed by atoms with E-state index in [0.29, 0.717) is 43.0 Å². The van der Waals surface area contributed by atoms with Crippen LogP contribution in [-0.4, -0.2) is 77.9 Å². The number of carbonyl (C=O) groups is 2. The van der Waals surface area contributed by atoms with Crippen molar-refractivity contribution >= 4 is 11.7 Å². The number of carbonyl (C=O) groups excluding carboxylic acids is 2. The molecule has 0 unspecified atom stereocenters. The number of ether oxygens (including phenoxy) is 2. The summed E-state index contributed by atoms with van der Waals surface area (Å²) in [6.07, 6.45) is 2.41. The van der Waals surface area contributed by atoms with Crippen LogP contribution >= 0.6 is 0 Å². The zero-order valence-corrected chi connectivity index (χ0v) is 26.7. The molecule has 236 valence electrons. The van der Waals surface area contributed by atoms with Gasteiger partial charge in [-0.1, -0.05) is 48.5 Å². The maximum absolute atomic E-state index is 13.9. The van der Waals surface area contributed by atoms with E-state index in [1.54, 1.807) is 19.4 Å². The number of Topliss-reactive ketones (excluding diaryl/α,β-unsaturated/α-hetero) is 1. The van der Waals surface area contributed by atoms with Gasteiger partial charge in [0.25, 0.3) is 5.91 Å². The number of rotatable bonds is 14. The van der Waals surface area contributed by atoms with E-state index in [0.717, 1.165) is 36.6 Å². The first-order chi connectivity index (χ1) is 21.9. The van der Waals surface area contributed by atoms with Crippen molar-refractivity contribution < 1.29 is 19.1 Å². The molecule has 1 fully saturated rings. The lowest BCUT2D eigenvalue weighted by atomic mass is 9.85. The average molecular weight is 610 g/mol. The van der Waals surface area contributed by atoms with Gasteiger partial charge in [0.05, 0.1) is 30.3 Å². The van der Waals surface area contributed by atoms with Gasteiger partial charge in [0.2, 0.25) is 5.88 Å². The lowest BCUT2D eigenvalue weighted by Crippen LogP contribution is -2.25. The van der Waals surface area contributed by atoms with Gasteiger partial charge in [-0.25, -0.2) is 9.67 Å². The highest BCUT2D eigenvalue weighted by Gasteiger charge is 2.35. The van der Waals surface area contributed by atoms with Crippen LogP contribution < -0.4 is 10.1 Å². The summed E-state index contributed by atoms with van der Waals surface area (Å²) < 4.78 is 12.9. The topological polar surface area (TPSA) is 98.6 Å². The molecule has 1 aliphatic rings. The van der Waals surface area contributed by atoms with E-state index in [1.807, 2.05) is 61.9 Å². The van der Waals surface area contributed by atoms with Crippen molar-refractivity contribution in [2.45, 2.75) is 39.5 Å². The fourth-order valence-electron chi connectivity index (χ4n) is 6.25. The number of benzene rings is 2. The van der Waals surface area contributed by atoms with Crippen molar-refractivity contribution in [3.05, 3.63) is 95.3 Å². The molecule has 3 heterocycles. The Morgan fingerprint density at radius 3 is 2.44 bits per heavy atom. The molecule has 1 amide bonds. The Balaban J connectivity index is 1.46. The van der Waals surface area contributed by atoms with Crippen LogP contribution in [0.4, 0.5) is 0 Å².